The van der Waals surface area contributed by atoms with Crippen LogP contribution < -0.4 is 4.74 Å². The number of benzene rings is 3. The maximum atomic E-state index is 13.7. The molecule has 0 aromatic heterocycles. The Morgan fingerprint density at radius 3 is 2.48 bits per heavy atom. The monoisotopic (exact) mass is 446 g/mol. The van der Waals surface area contributed by atoms with Gasteiger partial charge in [-0.1, -0.05) is 48.5 Å². The van der Waals surface area contributed by atoms with Gasteiger partial charge < -0.3 is 14.5 Å². The van der Waals surface area contributed by atoms with E-state index in [1.54, 1.807) is 30.0 Å². The summed E-state index contributed by atoms with van der Waals surface area (Å²) in [7, 11) is 3.40. The molecule has 0 saturated carbocycles. The van der Waals surface area contributed by atoms with E-state index < -0.39 is 11.7 Å². The molecule has 4 rings (SSSR count). The standard InChI is InChI=1S/C27H27FN2O3/c1-29-14-15-30(27(32)20-9-7-10-22(28)17-20)18-21(26(29)31)16-19-8-3-4-11-23(19)24-12-5-6-13-25(24)33-2/h3-13,17,21H,14-16,18H2,1-2H3/t21-/m0/s1. The molecule has 1 fully saturated rings. The first-order chi connectivity index (χ1) is 16.0. The smallest absolute Gasteiger partial charge is 0.254 e. The first-order valence-corrected chi connectivity index (χ1v) is 11.0. The molecule has 2 amide bonds. The van der Waals surface area contributed by atoms with Crippen molar-refractivity contribution in [1.82, 2.24) is 9.80 Å². The maximum absolute atomic E-state index is 13.7. The van der Waals surface area contributed by atoms with Gasteiger partial charge in [0.05, 0.1) is 13.0 Å². The van der Waals surface area contributed by atoms with Gasteiger partial charge >= 0.3 is 0 Å². The van der Waals surface area contributed by atoms with Crippen molar-refractivity contribution in [2.75, 3.05) is 33.8 Å². The molecule has 0 unspecified atom stereocenters. The number of hydrogen-bond donors (Lipinski definition) is 0. The van der Waals surface area contributed by atoms with Crippen LogP contribution in [0.3, 0.4) is 0 Å². The van der Waals surface area contributed by atoms with Crippen molar-refractivity contribution >= 4 is 11.8 Å². The lowest BCUT2D eigenvalue weighted by Crippen LogP contribution is -2.37. The lowest BCUT2D eigenvalue weighted by atomic mass is 9.91. The summed E-state index contributed by atoms with van der Waals surface area (Å²) in [5.41, 5.74) is 3.25. The molecule has 1 heterocycles. The second-order valence-corrected chi connectivity index (χ2v) is 8.28. The quantitative estimate of drug-likeness (QED) is 0.588. The number of carbonyl (C=O) groups excluding carboxylic acids is 2. The second kappa shape index (κ2) is 9.86. The molecule has 0 spiro atoms. The SMILES string of the molecule is COc1ccccc1-c1ccccc1C[C@H]1CN(C(=O)c2cccc(F)c2)CCN(C)C1=O. The predicted octanol–water partition coefficient (Wildman–Crippen LogP) is 4.27. The van der Waals surface area contributed by atoms with Crippen molar-refractivity contribution in [3.05, 3.63) is 89.7 Å². The number of hydrogen-bond acceptors (Lipinski definition) is 3. The summed E-state index contributed by atoms with van der Waals surface area (Å²) in [6.07, 6.45) is 0.477. The number of likely N-dealkylation sites (N-methyl/N-ethyl adjacent to an activating group) is 1. The highest BCUT2D eigenvalue weighted by atomic mass is 19.1. The number of ether oxygens (including phenoxy) is 1. The second-order valence-electron chi connectivity index (χ2n) is 8.28. The topological polar surface area (TPSA) is 49.9 Å². The van der Waals surface area contributed by atoms with Crippen LogP contribution in [-0.4, -0.2) is 55.4 Å². The van der Waals surface area contributed by atoms with E-state index in [2.05, 4.69) is 0 Å². The van der Waals surface area contributed by atoms with E-state index in [0.717, 1.165) is 22.4 Å². The summed E-state index contributed by atoms with van der Waals surface area (Å²) in [6.45, 7) is 1.12. The van der Waals surface area contributed by atoms with Gasteiger partial charge in [0.2, 0.25) is 5.91 Å². The van der Waals surface area contributed by atoms with Gasteiger partial charge in [0.15, 0.2) is 0 Å². The first-order valence-electron chi connectivity index (χ1n) is 11.0. The van der Waals surface area contributed by atoms with E-state index in [9.17, 15) is 14.0 Å². The molecule has 170 valence electrons. The highest BCUT2D eigenvalue weighted by molar-refractivity contribution is 5.95. The molecular weight excluding hydrogens is 419 g/mol. The van der Waals surface area contributed by atoms with Crippen molar-refractivity contribution in [2.45, 2.75) is 6.42 Å². The summed E-state index contributed by atoms with van der Waals surface area (Å²) in [5, 5.41) is 0. The largest absolute Gasteiger partial charge is 0.496 e. The van der Waals surface area contributed by atoms with Crippen LogP contribution in [0, 0.1) is 11.7 Å². The molecule has 3 aromatic rings. The average Bonchev–Trinajstić information content (AvgIpc) is 2.98. The lowest BCUT2D eigenvalue weighted by molar-refractivity contribution is -0.133. The number of nitrogens with zero attached hydrogens (tertiary/aromatic N) is 2. The minimum Gasteiger partial charge on any atom is -0.496 e. The van der Waals surface area contributed by atoms with Crippen LogP contribution in [0.25, 0.3) is 11.1 Å². The third-order valence-corrected chi connectivity index (χ3v) is 6.11. The zero-order chi connectivity index (χ0) is 23.4. The molecule has 1 saturated heterocycles. The molecule has 0 N–H and O–H groups in total. The number of carbonyl (C=O) groups is 2. The van der Waals surface area contributed by atoms with E-state index in [1.165, 1.54) is 18.2 Å². The normalized spacial score (nSPS) is 16.5. The van der Waals surface area contributed by atoms with Gasteiger partial charge in [-0.3, -0.25) is 9.59 Å². The summed E-state index contributed by atoms with van der Waals surface area (Å²) in [5.74, 6) is -0.367. The van der Waals surface area contributed by atoms with Crippen molar-refractivity contribution in [2.24, 2.45) is 5.92 Å². The Morgan fingerprint density at radius 1 is 1.00 bits per heavy atom. The Balaban J connectivity index is 1.64. The van der Waals surface area contributed by atoms with Crippen LogP contribution in [0.1, 0.15) is 15.9 Å². The van der Waals surface area contributed by atoms with E-state index in [0.29, 0.717) is 25.1 Å². The van der Waals surface area contributed by atoms with Gasteiger partial charge in [0.25, 0.3) is 5.91 Å². The molecule has 1 aliphatic rings. The Hall–Kier alpha value is -3.67. The Kier molecular flexibility index (Phi) is 6.73. The van der Waals surface area contributed by atoms with Crippen LogP contribution in [-0.2, 0) is 11.2 Å². The Labute approximate surface area is 193 Å². The molecule has 1 atom stereocenters. The van der Waals surface area contributed by atoms with Crippen LogP contribution in [0.2, 0.25) is 0 Å². The van der Waals surface area contributed by atoms with Crippen molar-refractivity contribution in [1.29, 1.82) is 0 Å². The number of halogens is 1. The minimum atomic E-state index is -0.453. The highest BCUT2D eigenvalue weighted by Crippen LogP contribution is 2.33. The highest BCUT2D eigenvalue weighted by Gasteiger charge is 2.32. The van der Waals surface area contributed by atoms with Gasteiger partial charge in [0.1, 0.15) is 11.6 Å². The number of rotatable bonds is 5. The zero-order valence-corrected chi connectivity index (χ0v) is 18.8. The van der Waals surface area contributed by atoms with Crippen molar-refractivity contribution in [3.63, 3.8) is 0 Å². The van der Waals surface area contributed by atoms with Gasteiger partial charge in [-0.05, 0) is 41.8 Å². The summed E-state index contributed by atoms with van der Waals surface area (Å²) in [4.78, 5) is 29.6. The van der Waals surface area contributed by atoms with E-state index in [-0.39, 0.29) is 18.4 Å². The third kappa shape index (κ3) is 4.90. The number of amides is 2. The van der Waals surface area contributed by atoms with Crippen LogP contribution in [0.5, 0.6) is 5.75 Å². The van der Waals surface area contributed by atoms with E-state index in [4.69, 9.17) is 4.74 Å². The molecule has 6 heteroatoms. The first kappa shape index (κ1) is 22.5. The van der Waals surface area contributed by atoms with Gasteiger partial charge in [0, 0.05) is 37.8 Å². The fourth-order valence-electron chi connectivity index (χ4n) is 4.36. The molecular formula is C27H27FN2O3. The lowest BCUT2D eigenvalue weighted by Gasteiger charge is -2.24. The fraction of sp³-hybridized carbons (Fsp3) is 0.259. The van der Waals surface area contributed by atoms with Gasteiger partial charge in [-0.25, -0.2) is 4.39 Å². The Morgan fingerprint density at radius 2 is 1.73 bits per heavy atom. The molecule has 3 aromatic carbocycles. The molecule has 0 bridgehead atoms. The average molecular weight is 447 g/mol. The molecule has 0 radical (unpaired) electrons. The van der Waals surface area contributed by atoms with Gasteiger partial charge in [-0.2, -0.15) is 0 Å². The van der Waals surface area contributed by atoms with Crippen LogP contribution >= 0.6 is 0 Å². The third-order valence-electron chi connectivity index (χ3n) is 6.11. The molecule has 5 nitrogen and oxygen atoms in total. The molecule has 0 aliphatic carbocycles. The summed E-state index contributed by atoms with van der Waals surface area (Å²) in [6, 6.07) is 21.4. The van der Waals surface area contributed by atoms with Crippen LogP contribution in [0.4, 0.5) is 4.39 Å². The summed E-state index contributed by atoms with van der Waals surface area (Å²) >= 11 is 0. The van der Waals surface area contributed by atoms with Gasteiger partial charge in [-0.15, -0.1) is 0 Å². The Bertz CT molecular complexity index is 1160. The van der Waals surface area contributed by atoms with E-state index in [1.807, 2.05) is 48.5 Å². The predicted molar refractivity (Wildman–Crippen MR) is 126 cm³/mol. The van der Waals surface area contributed by atoms with E-state index >= 15 is 0 Å². The summed E-state index contributed by atoms with van der Waals surface area (Å²) < 4.78 is 19.2. The number of methoxy groups -OCH3 is 1. The van der Waals surface area contributed by atoms with Crippen molar-refractivity contribution < 1.29 is 18.7 Å². The minimum absolute atomic E-state index is 0.000582. The fourth-order valence-corrected chi connectivity index (χ4v) is 4.36. The number of para-hydroxylation sites is 1. The van der Waals surface area contributed by atoms with Crippen molar-refractivity contribution in [3.8, 4) is 16.9 Å². The molecule has 1 aliphatic heterocycles. The maximum Gasteiger partial charge on any atom is 0.254 e. The van der Waals surface area contributed by atoms with Crippen LogP contribution in [0.15, 0.2) is 72.8 Å². The molecule has 33 heavy (non-hydrogen) atoms. The zero-order valence-electron chi connectivity index (χ0n) is 18.8.